The standard InChI is InChI=1S/C14H15F3N4S.ClH/c15-14(16,17)13-20-7-11(22-13)9-21-6-5-19-8-12(21)10-1-3-18-4-2-10;/h1-4,7,12,19H,5-6,8-9H2;1H. The van der Waals surface area contributed by atoms with Crippen molar-refractivity contribution in [1.29, 1.82) is 0 Å². The molecule has 9 heteroatoms. The number of hydrogen-bond acceptors (Lipinski definition) is 5. The highest BCUT2D eigenvalue weighted by Gasteiger charge is 2.35. The highest BCUT2D eigenvalue weighted by atomic mass is 35.5. The highest BCUT2D eigenvalue weighted by Crippen LogP contribution is 2.33. The number of nitrogens with zero attached hydrogens (tertiary/aromatic N) is 3. The average Bonchev–Trinajstić information content (AvgIpc) is 2.97. The maximum absolute atomic E-state index is 12.6. The second-order valence-corrected chi connectivity index (χ2v) is 6.22. The summed E-state index contributed by atoms with van der Waals surface area (Å²) in [4.78, 5) is 10.3. The summed E-state index contributed by atoms with van der Waals surface area (Å²) in [5.74, 6) is 0. The number of halogens is 4. The van der Waals surface area contributed by atoms with E-state index in [0.717, 1.165) is 36.5 Å². The molecule has 4 nitrogen and oxygen atoms in total. The molecule has 23 heavy (non-hydrogen) atoms. The highest BCUT2D eigenvalue weighted by molar-refractivity contribution is 7.11. The van der Waals surface area contributed by atoms with Crippen molar-refractivity contribution in [1.82, 2.24) is 20.2 Å². The molecule has 2 aromatic heterocycles. The Bertz CT molecular complexity index is 620. The summed E-state index contributed by atoms with van der Waals surface area (Å²) >= 11 is 0.720. The molecule has 2 aromatic rings. The first kappa shape index (κ1) is 18.1. The van der Waals surface area contributed by atoms with Gasteiger partial charge in [-0.15, -0.1) is 23.7 Å². The van der Waals surface area contributed by atoms with Crippen molar-refractivity contribution >= 4 is 23.7 Å². The van der Waals surface area contributed by atoms with Gasteiger partial charge in [-0.25, -0.2) is 4.98 Å². The number of alkyl halides is 3. The molecule has 1 aliphatic rings. The van der Waals surface area contributed by atoms with E-state index in [1.54, 1.807) is 12.4 Å². The van der Waals surface area contributed by atoms with Crippen LogP contribution in [0, 0.1) is 0 Å². The second-order valence-electron chi connectivity index (χ2n) is 5.10. The lowest BCUT2D eigenvalue weighted by atomic mass is 10.0. The molecule has 0 saturated carbocycles. The molecule has 0 spiro atoms. The largest absolute Gasteiger partial charge is 0.443 e. The van der Waals surface area contributed by atoms with Gasteiger partial charge in [0.05, 0.1) is 0 Å². The molecule has 3 rings (SSSR count). The number of hydrogen-bond donors (Lipinski definition) is 1. The van der Waals surface area contributed by atoms with Crippen LogP contribution in [0.25, 0.3) is 0 Å². The Hall–Kier alpha value is -1.22. The fourth-order valence-electron chi connectivity index (χ4n) is 2.56. The van der Waals surface area contributed by atoms with Crippen LogP contribution in [0.15, 0.2) is 30.7 Å². The topological polar surface area (TPSA) is 41.1 Å². The molecule has 0 radical (unpaired) electrons. The Morgan fingerprint density at radius 2 is 2.04 bits per heavy atom. The van der Waals surface area contributed by atoms with Crippen molar-refractivity contribution in [2.75, 3.05) is 19.6 Å². The van der Waals surface area contributed by atoms with E-state index in [1.165, 1.54) is 6.20 Å². The van der Waals surface area contributed by atoms with Gasteiger partial charge in [0.1, 0.15) is 0 Å². The quantitative estimate of drug-likeness (QED) is 0.908. The molecule has 1 fully saturated rings. The Balaban J connectivity index is 0.00000192. The van der Waals surface area contributed by atoms with Crippen LogP contribution >= 0.6 is 23.7 Å². The lowest BCUT2D eigenvalue weighted by Gasteiger charge is -2.36. The predicted molar refractivity (Wildman–Crippen MR) is 84.6 cm³/mol. The van der Waals surface area contributed by atoms with Gasteiger partial charge >= 0.3 is 6.18 Å². The fourth-order valence-corrected chi connectivity index (χ4v) is 3.37. The van der Waals surface area contributed by atoms with Crippen LogP contribution in [-0.2, 0) is 12.7 Å². The summed E-state index contributed by atoms with van der Waals surface area (Å²) < 4.78 is 37.9. The van der Waals surface area contributed by atoms with Crippen LogP contribution < -0.4 is 5.32 Å². The molecule has 0 aromatic carbocycles. The van der Waals surface area contributed by atoms with Gasteiger partial charge in [-0.05, 0) is 17.7 Å². The van der Waals surface area contributed by atoms with Crippen LogP contribution in [0.1, 0.15) is 21.5 Å². The Kier molecular flexibility index (Phi) is 5.96. The summed E-state index contributed by atoms with van der Waals surface area (Å²) in [5, 5.41) is 2.54. The molecule has 1 aliphatic heterocycles. The van der Waals surface area contributed by atoms with E-state index in [-0.39, 0.29) is 18.4 Å². The van der Waals surface area contributed by atoms with Crippen molar-refractivity contribution < 1.29 is 13.2 Å². The lowest BCUT2D eigenvalue weighted by Crippen LogP contribution is -2.45. The monoisotopic (exact) mass is 364 g/mol. The zero-order valence-electron chi connectivity index (χ0n) is 12.1. The molecular weight excluding hydrogens is 349 g/mol. The van der Waals surface area contributed by atoms with Gasteiger partial charge in [0.25, 0.3) is 0 Å². The van der Waals surface area contributed by atoms with Crippen molar-refractivity contribution in [2.24, 2.45) is 0 Å². The van der Waals surface area contributed by atoms with Crippen LogP contribution in [0.5, 0.6) is 0 Å². The Labute approximate surface area is 142 Å². The van der Waals surface area contributed by atoms with Gasteiger partial charge in [0, 0.05) is 55.7 Å². The smallest absolute Gasteiger partial charge is 0.314 e. The van der Waals surface area contributed by atoms with Gasteiger partial charge in [-0.3, -0.25) is 9.88 Å². The maximum atomic E-state index is 12.6. The first-order chi connectivity index (χ1) is 10.5. The molecule has 0 aliphatic carbocycles. The number of aromatic nitrogens is 2. The van der Waals surface area contributed by atoms with E-state index < -0.39 is 11.2 Å². The third kappa shape index (κ3) is 4.41. The summed E-state index contributed by atoms with van der Waals surface area (Å²) in [6.07, 6.45) is 0.434. The third-order valence-electron chi connectivity index (χ3n) is 3.60. The number of pyridine rings is 1. The Morgan fingerprint density at radius 3 is 2.70 bits per heavy atom. The molecule has 1 unspecified atom stereocenters. The molecule has 1 atom stereocenters. The molecule has 1 N–H and O–H groups in total. The predicted octanol–water partition coefficient (Wildman–Crippen LogP) is 3.13. The summed E-state index contributed by atoms with van der Waals surface area (Å²) in [6.45, 7) is 2.86. The zero-order chi connectivity index (χ0) is 15.6. The van der Waals surface area contributed by atoms with Gasteiger partial charge in [0.15, 0.2) is 5.01 Å². The van der Waals surface area contributed by atoms with E-state index in [1.807, 2.05) is 12.1 Å². The maximum Gasteiger partial charge on any atom is 0.443 e. The van der Waals surface area contributed by atoms with Gasteiger partial charge < -0.3 is 5.32 Å². The van der Waals surface area contributed by atoms with Gasteiger partial charge in [0.2, 0.25) is 0 Å². The first-order valence-corrected chi connectivity index (χ1v) is 7.72. The van der Waals surface area contributed by atoms with Gasteiger partial charge in [-0.1, -0.05) is 0 Å². The first-order valence-electron chi connectivity index (χ1n) is 6.90. The van der Waals surface area contributed by atoms with E-state index in [0.29, 0.717) is 11.4 Å². The minimum Gasteiger partial charge on any atom is -0.314 e. The van der Waals surface area contributed by atoms with E-state index in [4.69, 9.17) is 0 Å². The van der Waals surface area contributed by atoms with Crippen LogP contribution in [0.4, 0.5) is 13.2 Å². The van der Waals surface area contributed by atoms with Crippen molar-refractivity contribution in [3.05, 3.63) is 46.2 Å². The molecule has 0 amide bonds. The van der Waals surface area contributed by atoms with Crippen molar-refractivity contribution in [3.63, 3.8) is 0 Å². The van der Waals surface area contributed by atoms with Gasteiger partial charge in [-0.2, -0.15) is 13.2 Å². The van der Waals surface area contributed by atoms with Crippen LogP contribution in [0.3, 0.4) is 0 Å². The van der Waals surface area contributed by atoms with Crippen molar-refractivity contribution in [2.45, 2.75) is 18.8 Å². The third-order valence-corrected chi connectivity index (χ3v) is 4.63. The number of piperazine rings is 1. The fraction of sp³-hybridized carbons (Fsp3) is 0.429. The van der Waals surface area contributed by atoms with E-state index >= 15 is 0 Å². The second kappa shape index (κ2) is 7.57. The molecule has 126 valence electrons. The zero-order valence-corrected chi connectivity index (χ0v) is 13.7. The van der Waals surface area contributed by atoms with Crippen LogP contribution in [0.2, 0.25) is 0 Å². The lowest BCUT2D eigenvalue weighted by molar-refractivity contribution is -0.137. The Morgan fingerprint density at radius 1 is 1.30 bits per heavy atom. The number of thiazole rings is 1. The molecule has 3 heterocycles. The molecule has 0 bridgehead atoms. The van der Waals surface area contributed by atoms with E-state index in [2.05, 4.69) is 20.2 Å². The molecule has 1 saturated heterocycles. The van der Waals surface area contributed by atoms with E-state index in [9.17, 15) is 13.2 Å². The summed E-state index contributed by atoms with van der Waals surface area (Å²) in [5.41, 5.74) is 1.11. The normalized spacial score (nSPS) is 19.3. The minimum absolute atomic E-state index is 0. The van der Waals surface area contributed by atoms with Crippen LogP contribution in [-0.4, -0.2) is 34.5 Å². The average molecular weight is 365 g/mol. The summed E-state index contributed by atoms with van der Waals surface area (Å²) in [7, 11) is 0. The van der Waals surface area contributed by atoms with Crippen molar-refractivity contribution in [3.8, 4) is 0 Å². The number of rotatable bonds is 3. The SMILES string of the molecule is Cl.FC(F)(F)c1ncc(CN2CCNCC2c2ccncc2)s1. The molecular formula is C14H16ClF3N4S. The summed E-state index contributed by atoms with van der Waals surface area (Å²) in [6, 6.07) is 4.02. The number of nitrogens with one attached hydrogen (secondary N) is 1. The minimum atomic E-state index is -4.36.